The first kappa shape index (κ1) is 12.0. The summed E-state index contributed by atoms with van der Waals surface area (Å²) in [6.45, 7) is 9.34. The lowest BCUT2D eigenvalue weighted by molar-refractivity contribution is 0.552. The van der Waals surface area contributed by atoms with E-state index in [0.29, 0.717) is 5.92 Å². The molecule has 15 heavy (non-hydrogen) atoms. The van der Waals surface area contributed by atoms with E-state index in [1.807, 2.05) is 12.3 Å². The van der Waals surface area contributed by atoms with Gasteiger partial charge in [-0.1, -0.05) is 19.9 Å². The minimum atomic E-state index is 0.684. The van der Waals surface area contributed by atoms with E-state index in [1.54, 1.807) is 0 Å². The van der Waals surface area contributed by atoms with E-state index in [2.05, 4.69) is 42.5 Å². The summed E-state index contributed by atoms with van der Waals surface area (Å²) in [6, 6.07) is 4.09. The van der Waals surface area contributed by atoms with Crippen LogP contribution in [0.3, 0.4) is 0 Å². The molecule has 0 saturated carbocycles. The Morgan fingerprint density at radius 2 is 2.20 bits per heavy atom. The smallest absolute Gasteiger partial charge is 0.130 e. The minimum Gasteiger partial charge on any atom is -0.370 e. The Kier molecular flexibility index (Phi) is 5.12. The average molecular weight is 207 g/mol. The van der Waals surface area contributed by atoms with Crippen molar-refractivity contribution in [2.45, 2.75) is 27.3 Å². The van der Waals surface area contributed by atoms with Crippen LogP contribution in [0.15, 0.2) is 18.3 Å². The van der Waals surface area contributed by atoms with Crippen molar-refractivity contribution >= 4 is 5.82 Å². The third-order valence-corrected chi connectivity index (χ3v) is 2.10. The highest BCUT2D eigenvalue weighted by molar-refractivity contribution is 5.43. The molecule has 3 heteroatoms. The van der Waals surface area contributed by atoms with Crippen LogP contribution in [0.4, 0.5) is 5.82 Å². The van der Waals surface area contributed by atoms with Crippen LogP contribution in [0.2, 0.25) is 0 Å². The van der Waals surface area contributed by atoms with Gasteiger partial charge in [0.05, 0.1) is 0 Å². The van der Waals surface area contributed by atoms with E-state index in [-0.39, 0.29) is 0 Å². The predicted molar refractivity (Wildman–Crippen MR) is 64.9 cm³/mol. The fraction of sp³-hybridized carbons (Fsp3) is 0.583. The van der Waals surface area contributed by atoms with E-state index < -0.39 is 0 Å². The van der Waals surface area contributed by atoms with Gasteiger partial charge in [-0.05, 0) is 25.5 Å². The fourth-order valence-corrected chi connectivity index (χ4v) is 1.40. The first-order valence-corrected chi connectivity index (χ1v) is 5.62. The number of hydrogen-bond acceptors (Lipinski definition) is 3. The van der Waals surface area contributed by atoms with E-state index in [1.165, 1.54) is 5.56 Å². The zero-order valence-electron chi connectivity index (χ0n) is 9.88. The Morgan fingerprint density at radius 3 is 2.87 bits per heavy atom. The molecule has 0 bridgehead atoms. The molecule has 2 N–H and O–H groups in total. The lowest BCUT2D eigenvalue weighted by Gasteiger charge is -2.11. The molecule has 0 aliphatic carbocycles. The Bertz CT molecular complexity index is 284. The molecule has 0 saturated heterocycles. The molecule has 1 aromatic rings. The number of rotatable bonds is 6. The highest BCUT2D eigenvalue weighted by Gasteiger charge is 2.01. The number of anilines is 1. The van der Waals surface area contributed by atoms with E-state index in [0.717, 1.165) is 25.5 Å². The van der Waals surface area contributed by atoms with E-state index in [4.69, 9.17) is 0 Å². The SMILES string of the molecule is CCNc1ncccc1CNCC(C)C. The minimum absolute atomic E-state index is 0.684. The van der Waals surface area contributed by atoms with Gasteiger partial charge in [0.25, 0.3) is 0 Å². The van der Waals surface area contributed by atoms with Crippen molar-refractivity contribution in [2.24, 2.45) is 5.92 Å². The largest absolute Gasteiger partial charge is 0.370 e. The molecule has 1 aromatic heterocycles. The number of hydrogen-bond donors (Lipinski definition) is 2. The van der Waals surface area contributed by atoms with Gasteiger partial charge in [0.15, 0.2) is 0 Å². The van der Waals surface area contributed by atoms with Crippen LogP contribution >= 0.6 is 0 Å². The topological polar surface area (TPSA) is 37.0 Å². The third kappa shape index (κ3) is 4.30. The lowest BCUT2D eigenvalue weighted by Crippen LogP contribution is -2.20. The lowest BCUT2D eigenvalue weighted by atomic mass is 10.2. The summed E-state index contributed by atoms with van der Waals surface area (Å²) in [4.78, 5) is 4.32. The summed E-state index contributed by atoms with van der Waals surface area (Å²) in [5, 5.41) is 6.68. The maximum atomic E-state index is 4.32. The molecule has 0 spiro atoms. The highest BCUT2D eigenvalue weighted by atomic mass is 15.0. The van der Waals surface area contributed by atoms with Gasteiger partial charge in [0, 0.05) is 24.8 Å². The molecular formula is C12H21N3. The third-order valence-electron chi connectivity index (χ3n) is 2.10. The van der Waals surface area contributed by atoms with Crippen molar-refractivity contribution in [2.75, 3.05) is 18.4 Å². The number of nitrogens with zero attached hydrogens (tertiary/aromatic N) is 1. The first-order valence-electron chi connectivity index (χ1n) is 5.62. The van der Waals surface area contributed by atoms with Crippen molar-refractivity contribution in [3.63, 3.8) is 0 Å². The van der Waals surface area contributed by atoms with Gasteiger partial charge in [0.1, 0.15) is 5.82 Å². The van der Waals surface area contributed by atoms with Crippen LogP contribution in [0.25, 0.3) is 0 Å². The standard InChI is InChI=1S/C12H21N3/c1-4-14-12-11(6-5-7-15-12)9-13-8-10(2)3/h5-7,10,13H,4,8-9H2,1-3H3,(H,14,15). The zero-order valence-corrected chi connectivity index (χ0v) is 9.88. The molecule has 0 aromatic carbocycles. The van der Waals surface area contributed by atoms with Gasteiger partial charge >= 0.3 is 0 Å². The maximum Gasteiger partial charge on any atom is 0.130 e. The van der Waals surface area contributed by atoms with Crippen molar-refractivity contribution in [3.05, 3.63) is 23.9 Å². The average Bonchev–Trinajstić information content (AvgIpc) is 2.20. The number of aromatic nitrogens is 1. The van der Waals surface area contributed by atoms with Crippen molar-refractivity contribution in [1.29, 1.82) is 0 Å². The molecule has 3 nitrogen and oxygen atoms in total. The molecule has 0 unspecified atom stereocenters. The Hall–Kier alpha value is -1.09. The maximum absolute atomic E-state index is 4.32. The molecule has 1 rings (SSSR count). The van der Waals surface area contributed by atoms with Gasteiger partial charge in [-0.2, -0.15) is 0 Å². The number of pyridine rings is 1. The van der Waals surface area contributed by atoms with Gasteiger partial charge in [-0.15, -0.1) is 0 Å². The van der Waals surface area contributed by atoms with E-state index >= 15 is 0 Å². The van der Waals surface area contributed by atoms with Crippen LogP contribution < -0.4 is 10.6 Å². The molecule has 0 amide bonds. The quantitative estimate of drug-likeness (QED) is 0.751. The second-order valence-corrected chi connectivity index (χ2v) is 4.07. The summed E-state index contributed by atoms with van der Waals surface area (Å²) in [7, 11) is 0. The highest BCUT2D eigenvalue weighted by Crippen LogP contribution is 2.10. The van der Waals surface area contributed by atoms with Gasteiger partial charge in [-0.25, -0.2) is 4.98 Å². The van der Waals surface area contributed by atoms with Crippen LogP contribution in [0.5, 0.6) is 0 Å². The molecule has 0 fully saturated rings. The second-order valence-electron chi connectivity index (χ2n) is 4.07. The summed E-state index contributed by atoms with van der Waals surface area (Å²) in [5.41, 5.74) is 1.24. The van der Waals surface area contributed by atoms with Crippen molar-refractivity contribution in [3.8, 4) is 0 Å². The summed E-state index contributed by atoms with van der Waals surface area (Å²) >= 11 is 0. The molecular weight excluding hydrogens is 186 g/mol. The summed E-state index contributed by atoms with van der Waals surface area (Å²) in [6.07, 6.45) is 1.82. The summed E-state index contributed by atoms with van der Waals surface area (Å²) in [5.74, 6) is 1.68. The first-order chi connectivity index (χ1) is 7.24. The van der Waals surface area contributed by atoms with Crippen LogP contribution in [-0.2, 0) is 6.54 Å². The van der Waals surface area contributed by atoms with Crippen molar-refractivity contribution in [1.82, 2.24) is 10.3 Å². The fourth-order valence-electron chi connectivity index (χ4n) is 1.40. The Balaban J connectivity index is 2.51. The zero-order chi connectivity index (χ0) is 11.1. The van der Waals surface area contributed by atoms with Gasteiger partial charge in [-0.3, -0.25) is 0 Å². The predicted octanol–water partition coefficient (Wildman–Crippen LogP) is 2.26. The van der Waals surface area contributed by atoms with Crippen LogP contribution in [-0.4, -0.2) is 18.1 Å². The molecule has 84 valence electrons. The normalized spacial score (nSPS) is 10.7. The monoisotopic (exact) mass is 207 g/mol. The Morgan fingerprint density at radius 1 is 1.40 bits per heavy atom. The number of nitrogens with one attached hydrogen (secondary N) is 2. The van der Waals surface area contributed by atoms with Gasteiger partial charge < -0.3 is 10.6 Å². The molecule has 0 radical (unpaired) electrons. The van der Waals surface area contributed by atoms with Crippen molar-refractivity contribution < 1.29 is 0 Å². The summed E-state index contributed by atoms with van der Waals surface area (Å²) < 4.78 is 0. The Labute approximate surface area is 92.3 Å². The van der Waals surface area contributed by atoms with E-state index in [9.17, 15) is 0 Å². The van der Waals surface area contributed by atoms with Crippen LogP contribution in [0, 0.1) is 5.92 Å². The second kappa shape index (κ2) is 6.40. The molecule has 1 heterocycles. The molecule has 0 aliphatic heterocycles. The van der Waals surface area contributed by atoms with Gasteiger partial charge in [0.2, 0.25) is 0 Å². The van der Waals surface area contributed by atoms with Crippen LogP contribution in [0.1, 0.15) is 26.3 Å². The molecule has 0 aliphatic rings. The molecule has 0 atom stereocenters.